The van der Waals surface area contributed by atoms with Gasteiger partial charge in [0.2, 0.25) is 5.91 Å². The molecule has 0 aromatic heterocycles. The maximum Gasteiger partial charge on any atom is 0.227 e. The summed E-state index contributed by atoms with van der Waals surface area (Å²) in [6, 6.07) is 0.0263. The van der Waals surface area contributed by atoms with Crippen LogP contribution in [0, 0.1) is 5.92 Å². The molecule has 0 spiro atoms. The number of carbonyl (C=O) groups excluding carboxylic acids is 1. The standard InChI is InChI=1S/C13H22N2O/c1-3-9-15(10-4-2)13(16)11-7-5-6-8-12(11)14/h3-4,11-12H,1-2,5-10,14H2. The van der Waals surface area contributed by atoms with Crippen LogP contribution in [-0.4, -0.2) is 29.9 Å². The Morgan fingerprint density at radius 3 is 2.31 bits per heavy atom. The normalized spacial score (nSPS) is 24.8. The second kappa shape index (κ2) is 6.48. The maximum atomic E-state index is 12.2. The molecule has 0 bridgehead atoms. The Kier molecular flexibility index (Phi) is 5.26. The summed E-state index contributed by atoms with van der Waals surface area (Å²) in [7, 11) is 0. The van der Waals surface area contributed by atoms with E-state index >= 15 is 0 Å². The van der Waals surface area contributed by atoms with E-state index in [1.54, 1.807) is 17.1 Å². The molecule has 0 radical (unpaired) electrons. The average Bonchev–Trinajstić information content (AvgIpc) is 2.28. The van der Waals surface area contributed by atoms with Crippen LogP contribution in [0.1, 0.15) is 25.7 Å². The van der Waals surface area contributed by atoms with E-state index in [9.17, 15) is 4.79 Å². The van der Waals surface area contributed by atoms with Crippen LogP contribution < -0.4 is 5.73 Å². The van der Waals surface area contributed by atoms with Gasteiger partial charge in [0.25, 0.3) is 0 Å². The Balaban J connectivity index is 2.63. The van der Waals surface area contributed by atoms with Crippen LogP contribution in [0.4, 0.5) is 0 Å². The number of nitrogens with two attached hydrogens (primary N) is 1. The third kappa shape index (κ3) is 3.20. The lowest BCUT2D eigenvalue weighted by Crippen LogP contribution is -2.45. The smallest absolute Gasteiger partial charge is 0.227 e. The van der Waals surface area contributed by atoms with Gasteiger partial charge in [-0.2, -0.15) is 0 Å². The fourth-order valence-corrected chi connectivity index (χ4v) is 2.27. The van der Waals surface area contributed by atoms with E-state index in [0.717, 1.165) is 25.7 Å². The van der Waals surface area contributed by atoms with Crippen molar-refractivity contribution in [2.24, 2.45) is 11.7 Å². The average molecular weight is 222 g/mol. The molecule has 1 aliphatic rings. The minimum absolute atomic E-state index is 0.00588. The van der Waals surface area contributed by atoms with Crippen molar-refractivity contribution < 1.29 is 4.79 Å². The van der Waals surface area contributed by atoms with Gasteiger partial charge in [0.1, 0.15) is 0 Å². The molecule has 2 unspecified atom stereocenters. The molecule has 1 saturated carbocycles. The van der Waals surface area contributed by atoms with Gasteiger partial charge in [0.05, 0.1) is 5.92 Å². The third-order valence-electron chi connectivity index (χ3n) is 3.15. The van der Waals surface area contributed by atoms with E-state index in [0.29, 0.717) is 13.1 Å². The summed E-state index contributed by atoms with van der Waals surface area (Å²) in [5.41, 5.74) is 6.01. The van der Waals surface area contributed by atoms with Gasteiger partial charge in [-0.15, -0.1) is 13.2 Å². The first kappa shape index (κ1) is 13.0. The number of nitrogens with zero attached hydrogens (tertiary/aromatic N) is 1. The van der Waals surface area contributed by atoms with Crippen molar-refractivity contribution in [3.8, 4) is 0 Å². The van der Waals surface area contributed by atoms with Crippen LogP contribution in [0.5, 0.6) is 0 Å². The molecule has 3 heteroatoms. The van der Waals surface area contributed by atoms with Crippen molar-refractivity contribution >= 4 is 5.91 Å². The molecule has 2 atom stereocenters. The highest BCUT2D eigenvalue weighted by molar-refractivity contribution is 5.80. The van der Waals surface area contributed by atoms with Gasteiger partial charge in [-0.1, -0.05) is 25.0 Å². The highest BCUT2D eigenvalue weighted by Crippen LogP contribution is 2.24. The summed E-state index contributed by atoms with van der Waals surface area (Å²) < 4.78 is 0. The van der Waals surface area contributed by atoms with E-state index in [4.69, 9.17) is 5.73 Å². The SMILES string of the molecule is C=CCN(CC=C)C(=O)C1CCCCC1N. The first-order valence-corrected chi connectivity index (χ1v) is 5.97. The van der Waals surface area contributed by atoms with E-state index < -0.39 is 0 Å². The second-order valence-electron chi connectivity index (χ2n) is 4.38. The number of carbonyl (C=O) groups is 1. The summed E-state index contributed by atoms with van der Waals surface area (Å²) in [5, 5.41) is 0. The molecule has 90 valence electrons. The summed E-state index contributed by atoms with van der Waals surface area (Å²) >= 11 is 0. The molecule has 1 aliphatic carbocycles. The highest BCUT2D eigenvalue weighted by Gasteiger charge is 2.30. The van der Waals surface area contributed by atoms with E-state index in [1.165, 1.54) is 0 Å². The van der Waals surface area contributed by atoms with Crippen molar-refractivity contribution in [2.75, 3.05) is 13.1 Å². The topological polar surface area (TPSA) is 46.3 Å². The van der Waals surface area contributed by atoms with Gasteiger partial charge in [0.15, 0.2) is 0 Å². The van der Waals surface area contributed by atoms with Crippen molar-refractivity contribution in [2.45, 2.75) is 31.7 Å². The molecule has 0 aromatic carbocycles. The molecular formula is C13H22N2O. The van der Waals surface area contributed by atoms with Crippen LogP contribution in [0.2, 0.25) is 0 Å². The first-order valence-electron chi connectivity index (χ1n) is 5.97. The molecule has 1 rings (SSSR count). The lowest BCUT2D eigenvalue weighted by atomic mass is 9.84. The number of rotatable bonds is 5. The summed E-state index contributed by atoms with van der Waals surface area (Å²) in [6.45, 7) is 8.49. The van der Waals surface area contributed by atoms with Gasteiger partial charge in [0, 0.05) is 19.1 Å². The number of hydrogen-bond donors (Lipinski definition) is 1. The predicted octanol–water partition coefficient (Wildman–Crippen LogP) is 1.70. The monoisotopic (exact) mass is 222 g/mol. The molecule has 0 saturated heterocycles. The minimum atomic E-state index is -0.00588. The Bertz CT molecular complexity index is 253. The third-order valence-corrected chi connectivity index (χ3v) is 3.15. The Morgan fingerprint density at radius 2 is 1.81 bits per heavy atom. The summed E-state index contributed by atoms with van der Waals surface area (Å²) in [4.78, 5) is 14.0. The quantitative estimate of drug-likeness (QED) is 0.720. The zero-order chi connectivity index (χ0) is 12.0. The molecule has 0 aliphatic heterocycles. The fraction of sp³-hybridized carbons (Fsp3) is 0.615. The van der Waals surface area contributed by atoms with Crippen LogP contribution in [0.25, 0.3) is 0 Å². The molecule has 0 aromatic rings. The molecule has 1 fully saturated rings. The van der Waals surface area contributed by atoms with Crippen LogP contribution in [0.3, 0.4) is 0 Å². The lowest BCUT2D eigenvalue weighted by Gasteiger charge is -2.32. The van der Waals surface area contributed by atoms with Crippen molar-refractivity contribution in [3.63, 3.8) is 0 Å². The lowest BCUT2D eigenvalue weighted by molar-refractivity contribution is -0.136. The Hall–Kier alpha value is -1.09. The first-order chi connectivity index (χ1) is 7.70. The summed E-state index contributed by atoms with van der Waals surface area (Å²) in [5.74, 6) is 0.153. The molecular weight excluding hydrogens is 200 g/mol. The second-order valence-corrected chi connectivity index (χ2v) is 4.38. The molecule has 3 nitrogen and oxygen atoms in total. The Labute approximate surface area is 98.0 Å². The fourth-order valence-electron chi connectivity index (χ4n) is 2.27. The van der Waals surface area contributed by atoms with E-state index in [1.807, 2.05) is 0 Å². The van der Waals surface area contributed by atoms with Gasteiger partial charge in [-0.05, 0) is 12.8 Å². The van der Waals surface area contributed by atoms with Crippen LogP contribution >= 0.6 is 0 Å². The Morgan fingerprint density at radius 1 is 1.25 bits per heavy atom. The summed E-state index contributed by atoms with van der Waals surface area (Å²) in [6.07, 6.45) is 7.64. The van der Waals surface area contributed by atoms with Gasteiger partial charge < -0.3 is 10.6 Å². The maximum absolute atomic E-state index is 12.2. The zero-order valence-corrected chi connectivity index (χ0v) is 9.90. The van der Waals surface area contributed by atoms with Gasteiger partial charge in [-0.3, -0.25) is 4.79 Å². The van der Waals surface area contributed by atoms with Crippen molar-refractivity contribution in [1.82, 2.24) is 4.90 Å². The molecule has 1 amide bonds. The van der Waals surface area contributed by atoms with Gasteiger partial charge >= 0.3 is 0 Å². The van der Waals surface area contributed by atoms with E-state index in [-0.39, 0.29) is 17.9 Å². The van der Waals surface area contributed by atoms with Crippen LogP contribution in [-0.2, 0) is 4.79 Å². The molecule has 0 heterocycles. The number of hydrogen-bond acceptors (Lipinski definition) is 2. The largest absolute Gasteiger partial charge is 0.335 e. The van der Waals surface area contributed by atoms with Gasteiger partial charge in [-0.25, -0.2) is 0 Å². The minimum Gasteiger partial charge on any atom is -0.335 e. The predicted molar refractivity (Wildman–Crippen MR) is 66.9 cm³/mol. The number of amides is 1. The van der Waals surface area contributed by atoms with Crippen LogP contribution in [0.15, 0.2) is 25.3 Å². The van der Waals surface area contributed by atoms with Crippen molar-refractivity contribution in [1.29, 1.82) is 0 Å². The molecule has 2 N–H and O–H groups in total. The van der Waals surface area contributed by atoms with E-state index in [2.05, 4.69) is 13.2 Å². The van der Waals surface area contributed by atoms with Crippen molar-refractivity contribution in [3.05, 3.63) is 25.3 Å². The molecule has 16 heavy (non-hydrogen) atoms. The zero-order valence-electron chi connectivity index (χ0n) is 9.90. The highest BCUT2D eigenvalue weighted by atomic mass is 16.2.